The van der Waals surface area contributed by atoms with Crippen molar-refractivity contribution in [2.45, 2.75) is 139 Å². The molecule has 3 heteroatoms. The molecule has 2 nitrogen and oxygen atoms in total. The summed E-state index contributed by atoms with van der Waals surface area (Å²) in [6, 6.07) is 0. The molecule has 1 fully saturated rings. The van der Waals surface area contributed by atoms with Gasteiger partial charge in [0.1, 0.15) is 0 Å². The molecule has 0 N–H and O–H groups in total. The molecular weight excluding hydrogens is 535 g/mol. The van der Waals surface area contributed by atoms with Gasteiger partial charge < -0.3 is 0 Å². The number of allylic oxidation sites excluding steroid dienone is 4. The molecule has 0 saturated heterocycles. The van der Waals surface area contributed by atoms with E-state index in [0.717, 1.165) is 12.8 Å². The Balaban J connectivity index is 1.89. The first kappa shape index (κ1) is 29.3. The summed E-state index contributed by atoms with van der Waals surface area (Å²) in [5.41, 5.74) is 3.11. The molecule has 0 aromatic heterocycles. The molecule has 0 aromatic rings. The predicted molar refractivity (Wildman–Crippen MR) is 153 cm³/mol. The molecule has 0 unspecified atom stereocenters. The van der Waals surface area contributed by atoms with Crippen LogP contribution >= 0.6 is 0 Å². The first-order valence-electron chi connectivity index (χ1n) is 15.3. The van der Waals surface area contributed by atoms with Crippen LogP contribution in [0.15, 0.2) is 23.3 Å². The van der Waals surface area contributed by atoms with E-state index in [1.807, 2.05) is 0 Å². The molecule has 0 aromatic carbocycles. The van der Waals surface area contributed by atoms with E-state index in [1.165, 1.54) is 77.5 Å². The van der Waals surface area contributed by atoms with Crippen molar-refractivity contribution in [3.05, 3.63) is 23.3 Å². The summed E-state index contributed by atoms with van der Waals surface area (Å²) in [5, 5.41) is 0. The van der Waals surface area contributed by atoms with Gasteiger partial charge in [0.15, 0.2) is 0 Å². The monoisotopic (exact) mass is 592 g/mol. The number of hydrogen-bond donors (Lipinski definition) is 0. The van der Waals surface area contributed by atoms with Crippen LogP contribution in [0, 0.1) is 28.6 Å². The molecule has 0 amide bonds. The van der Waals surface area contributed by atoms with Crippen molar-refractivity contribution in [2.24, 2.45) is 28.6 Å². The van der Waals surface area contributed by atoms with Crippen molar-refractivity contribution in [1.29, 1.82) is 0 Å². The quantitative estimate of drug-likeness (QED) is 0.211. The van der Waals surface area contributed by atoms with Crippen LogP contribution in [-0.2, 0) is 7.87 Å². The van der Waals surface area contributed by atoms with Crippen LogP contribution in [0.2, 0.25) is 13.3 Å². The summed E-state index contributed by atoms with van der Waals surface area (Å²) in [5.74, 6) is 1.90. The van der Waals surface area contributed by atoms with Gasteiger partial charge in [-0.25, -0.2) is 0 Å². The van der Waals surface area contributed by atoms with Crippen LogP contribution in [0.4, 0.5) is 0 Å². The van der Waals surface area contributed by atoms with Gasteiger partial charge in [0.25, 0.3) is 0 Å². The van der Waals surface area contributed by atoms with Crippen molar-refractivity contribution in [3.63, 3.8) is 0 Å². The fourth-order valence-electron chi connectivity index (χ4n) is 7.93. The van der Waals surface area contributed by atoms with Crippen molar-refractivity contribution >= 4 is 24.8 Å². The third kappa shape index (κ3) is 6.25. The molecule has 0 heterocycles. The van der Waals surface area contributed by atoms with Crippen molar-refractivity contribution in [1.82, 2.24) is 0 Å². The van der Waals surface area contributed by atoms with E-state index in [0.29, 0.717) is 17.8 Å². The minimum absolute atomic E-state index is 0.221. The van der Waals surface area contributed by atoms with Gasteiger partial charge in [0.2, 0.25) is 0 Å². The van der Waals surface area contributed by atoms with E-state index in [4.69, 9.17) is 3.07 Å². The Labute approximate surface area is 222 Å². The van der Waals surface area contributed by atoms with Crippen LogP contribution < -0.4 is 0 Å². The fourth-order valence-corrected chi connectivity index (χ4v) is 21.3. The maximum atomic E-state index is 14.3. The topological polar surface area (TPSA) is 26.3 Å². The molecule has 0 spiro atoms. The van der Waals surface area contributed by atoms with E-state index < -0.39 is 18.8 Å². The Kier molecular flexibility index (Phi) is 10.5. The van der Waals surface area contributed by atoms with Gasteiger partial charge in [0, 0.05) is 0 Å². The maximum absolute atomic E-state index is 14.3. The molecule has 35 heavy (non-hydrogen) atoms. The van der Waals surface area contributed by atoms with Gasteiger partial charge in [-0.15, -0.1) is 0 Å². The van der Waals surface area contributed by atoms with E-state index in [-0.39, 0.29) is 16.8 Å². The summed E-state index contributed by atoms with van der Waals surface area (Å²) >= 11 is -2.99. The van der Waals surface area contributed by atoms with E-state index in [1.54, 1.807) is 11.1 Å². The summed E-state index contributed by atoms with van der Waals surface area (Å²) in [6.07, 6.45) is 19.4. The normalized spacial score (nSPS) is 30.9. The fraction of sp³-hybridized carbons (Fsp3) is 0.844. The van der Waals surface area contributed by atoms with Crippen LogP contribution in [0.5, 0.6) is 0 Å². The zero-order valence-corrected chi connectivity index (χ0v) is 27.2. The van der Waals surface area contributed by atoms with Crippen molar-refractivity contribution < 1.29 is 7.87 Å². The predicted octanol–water partition coefficient (Wildman–Crippen LogP) is 10.0. The van der Waals surface area contributed by atoms with E-state index >= 15 is 0 Å². The Bertz CT molecular complexity index is 759. The second kappa shape index (κ2) is 12.5. The molecule has 3 rings (SSSR count). The molecule has 0 bridgehead atoms. The average molecular weight is 592 g/mol. The molecule has 1 saturated carbocycles. The van der Waals surface area contributed by atoms with Gasteiger partial charge in [-0.1, -0.05) is 0 Å². The first-order valence-corrected chi connectivity index (χ1v) is 22.5. The van der Waals surface area contributed by atoms with Crippen molar-refractivity contribution in [2.75, 3.05) is 0 Å². The van der Waals surface area contributed by atoms with Crippen molar-refractivity contribution in [3.8, 4) is 0 Å². The standard InChI is InChI=1S/C20H30O2.3C4H9.Sn/c1-13(2)14-6-8-16-15(12-14)7-9-17-19(16,3)10-5-11-20(17,4)18(21)22;3*1-3-4-2;/h7,12-13,16-17H,5-6,8-11H2,1-4H3,(H,21,22);3*1,3-4H2,2H3;/q;;;;+1/p-1/t16-,17+,19+,20+;;;;/m0..../s1. The van der Waals surface area contributed by atoms with Gasteiger partial charge in [-0.05, 0) is 0 Å². The zero-order chi connectivity index (χ0) is 25.7. The number of hydrogen-bond acceptors (Lipinski definition) is 2. The third-order valence-corrected chi connectivity index (χ3v) is 22.9. The second-order valence-corrected chi connectivity index (χ2v) is 24.7. The average Bonchev–Trinajstić information content (AvgIpc) is 2.84. The number of fused-ring (bicyclic) bond motifs is 3. The molecule has 200 valence electrons. The van der Waals surface area contributed by atoms with Crippen LogP contribution in [-0.4, -0.2) is 24.8 Å². The zero-order valence-electron chi connectivity index (χ0n) is 24.3. The van der Waals surface area contributed by atoms with E-state index in [9.17, 15) is 4.79 Å². The molecule has 4 atom stereocenters. The number of rotatable bonds is 12. The number of carbonyl (C=O) groups excluding carboxylic acids is 1. The number of unbranched alkanes of at least 4 members (excludes halogenated alkanes) is 3. The van der Waals surface area contributed by atoms with Gasteiger partial charge in [-0.2, -0.15) is 0 Å². The summed E-state index contributed by atoms with van der Waals surface area (Å²) in [7, 11) is 0. The minimum atomic E-state index is -2.99. The van der Waals surface area contributed by atoms with Crippen LogP contribution in [0.25, 0.3) is 0 Å². The Hall–Kier alpha value is -0.251. The molecule has 0 radical (unpaired) electrons. The number of carbonyl (C=O) groups is 1. The Morgan fingerprint density at radius 3 is 2.17 bits per heavy atom. The molecule has 3 aliphatic rings. The molecule has 0 aliphatic heterocycles. The summed E-state index contributed by atoms with van der Waals surface area (Å²) in [4.78, 5) is 14.3. The summed E-state index contributed by atoms with van der Waals surface area (Å²) in [6.45, 7) is 16.4. The molecular formula is C32H56O2Sn. The van der Waals surface area contributed by atoms with Crippen LogP contribution in [0.1, 0.15) is 126 Å². The van der Waals surface area contributed by atoms with Crippen LogP contribution in [0.3, 0.4) is 0 Å². The Morgan fingerprint density at radius 1 is 1.03 bits per heavy atom. The third-order valence-electron chi connectivity index (χ3n) is 10.3. The SMILES string of the molecule is CCC[CH2][Sn]([CH2]CCC)([CH2]CCC)[O]C(=O)[C@]1(C)CCC[C@@]2(C)[C@H]1CC=C1C=C(C(C)C)CC[C@@H]12. The van der Waals surface area contributed by atoms with Gasteiger partial charge in [-0.3, -0.25) is 0 Å². The second-order valence-electron chi connectivity index (χ2n) is 13.1. The molecule has 3 aliphatic carbocycles. The van der Waals surface area contributed by atoms with E-state index in [2.05, 4.69) is 60.6 Å². The Morgan fingerprint density at radius 2 is 1.63 bits per heavy atom. The van der Waals surface area contributed by atoms with Gasteiger partial charge in [0.05, 0.1) is 0 Å². The summed E-state index contributed by atoms with van der Waals surface area (Å²) < 4.78 is 10.7. The van der Waals surface area contributed by atoms with Gasteiger partial charge >= 0.3 is 223 Å². The first-order chi connectivity index (χ1) is 16.7.